The summed E-state index contributed by atoms with van der Waals surface area (Å²) in [5.74, 6) is 0.709. The molecule has 2 aliphatic heterocycles. The molecule has 2 saturated heterocycles. The van der Waals surface area contributed by atoms with Crippen molar-refractivity contribution < 1.29 is 0 Å². The van der Waals surface area contributed by atoms with Gasteiger partial charge >= 0.3 is 0 Å². The first-order chi connectivity index (χ1) is 9.72. The van der Waals surface area contributed by atoms with Crippen LogP contribution in [0.2, 0.25) is 0 Å². The zero-order valence-electron chi connectivity index (χ0n) is 12.6. The molecule has 0 aliphatic carbocycles. The number of nitrogens with zero attached hydrogens (tertiary/aromatic N) is 2. The van der Waals surface area contributed by atoms with Gasteiger partial charge in [0.15, 0.2) is 0 Å². The van der Waals surface area contributed by atoms with Gasteiger partial charge in [0.05, 0.1) is 0 Å². The first kappa shape index (κ1) is 13.9. The summed E-state index contributed by atoms with van der Waals surface area (Å²) in [6, 6.07) is 9.31. The van der Waals surface area contributed by atoms with Crippen LogP contribution in [-0.2, 0) is 0 Å². The van der Waals surface area contributed by atoms with Crippen LogP contribution in [0.1, 0.15) is 37.2 Å². The van der Waals surface area contributed by atoms with Gasteiger partial charge in [-0.1, -0.05) is 12.1 Å². The Labute approximate surface area is 122 Å². The van der Waals surface area contributed by atoms with Crippen LogP contribution < -0.4 is 5.73 Å². The Hall–Kier alpha value is -1.06. The first-order valence-corrected chi connectivity index (χ1v) is 8.00. The second kappa shape index (κ2) is 6.15. The van der Waals surface area contributed by atoms with Crippen molar-refractivity contribution in [3.8, 4) is 0 Å². The molecule has 1 aromatic rings. The van der Waals surface area contributed by atoms with Gasteiger partial charge in [-0.15, -0.1) is 0 Å². The van der Waals surface area contributed by atoms with E-state index in [2.05, 4.69) is 35.0 Å². The van der Waals surface area contributed by atoms with Crippen molar-refractivity contribution in [3.63, 3.8) is 0 Å². The second-order valence-corrected chi connectivity index (χ2v) is 6.51. The molecule has 0 unspecified atom stereocenters. The number of rotatable bonds is 2. The minimum Gasteiger partial charge on any atom is -0.399 e. The summed E-state index contributed by atoms with van der Waals surface area (Å²) >= 11 is 0. The number of benzene rings is 1. The smallest absolute Gasteiger partial charge is 0.0316 e. The first-order valence-electron chi connectivity index (χ1n) is 8.00. The molecule has 0 saturated carbocycles. The molecule has 0 bridgehead atoms. The standard InChI is InChI=1S/C17H27N3/c1-19-9-7-17(8-10-19)20-11-5-14(6-12-20)15-3-2-4-16(18)13-15/h2-4,13-14,17H,5-12,18H2,1H3. The fourth-order valence-electron chi connectivity index (χ4n) is 3.77. The summed E-state index contributed by atoms with van der Waals surface area (Å²) in [5, 5.41) is 0. The van der Waals surface area contributed by atoms with Gasteiger partial charge in [-0.2, -0.15) is 0 Å². The van der Waals surface area contributed by atoms with Crippen LogP contribution in [-0.4, -0.2) is 49.1 Å². The lowest BCUT2D eigenvalue weighted by atomic mass is 9.88. The predicted octanol–water partition coefficient (Wildman–Crippen LogP) is 2.54. The number of hydrogen-bond donors (Lipinski definition) is 1. The third-order valence-electron chi connectivity index (χ3n) is 5.12. The number of anilines is 1. The number of nitrogen functional groups attached to an aromatic ring is 1. The lowest BCUT2D eigenvalue weighted by Gasteiger charge is -2.41. The van der Waals surface area contributed by atoms with Crippen molar-refractivity contribution >= 4 is 5.69 Å². The molecule has 2 fully saturated rings. The summed E-state index contributed by atoms with van der Waals surface area (Å²) in [6.45, 7) is 5.04. The van der Waals surface area contributed by atoms with Crippen molar-refractivity contribution in [1.29, 1.82) is 0 Å². The maximum Gasteiger partial charge on any atom is 0.0316 e. The average Bonchev–Trinajstić information content (AvgIpc) is 2.48. The van der Waals surface area contributed by atoms with Crippen LogP contribution >= 0.6 is 0 Å². The third kappa shape index (κ3) is 3.15. The van der Waals surface area contributed by atoms with E-state index >= 15 is 0 Å². The fraction of sp³-hybridized carbons (Fsp3) is 0.647. The number of nitrogens with two attached hydrogens (primary N) is 1. The van der Waals surface area contributed by atoms with Gasteiger partial charge < -0.3 is 15.5 Å². The van der Waals surface area contributed by atoms with Crippen molar-refractivity contribution in [1.82, 2.24) is 9.80 Å². The van der Waals surface area contributed by atoms with Crippen molar-refractivity contribution in [3.05, 3.63) is 29.8 Å². The van der Waals surface area contributed by atoms with E-state index < -0.39 is 0 Å². The Morgan fingerprint density at radius 2 is 1.70 bits per heavy atom. The summed E-state index contributed by atoms with van der Waals surface area (Å²) in [4.78, 5) is 5.19. The van der Waals surface area contributed by atoms with E-state index in [1.54, 1.807) is 0 Å². The van der Waals surface area contributed by atoms with Crippen LogP contribution in [0.4, 0.5) is 5.69 Å². The minimum absolute atomic E-state index is 0.709. The normalized spacial score (nSPS) is 24.1. The highest BCUT2D eigenvalue weighted by Gasteiger charge is 2.27. The lowest BCUT2D eigenvalue weighted by molar-refractivity contribution is 0.0966. The van der Waals surface area contributed by atoms with E-state index in [4.69, 9.17) is 5.73 Å². The molecule has 3 nitrogen and oxygen atoms in total. The van der Waals surface area contributed by atoms with Crippen LogP contribution in [0.15, 0.2) is 24.3 Å². The van der Waals surface area contributed by atoms with E-state index in [0.29, 0.717) is 5.92 Å². The lowest BCUT2D eigenvalue weighted by Crippen LogP contribution is -2.46. The average molecular weight is 273 g/mol. The Bertz CT molecular complexity index is 430. The molecule has 3 rings (SSSR count). The molecule has 2 N–H and O–H groups in total. The molecule has 20 heavy (non-hydrogen) atoms. The summed E-state index contributed by atoms with van der Waals surface area (Å²) in [7, 11) is 2.24. The van der Waals surface area contributed by atoms with Crippen LogP contribution in [0.3, 0.4) is 0 Å². The summed E-state index contributed by atoms with van der Waals surface area (Å²) < 4.78 is 0. The number of piperidine rings is 2. The number of likely N-dealkylation sites (tertiary alicyclic amines) is 2. The van der Waals surface area contributed by atoms with Crippen molar-refractivity contribution in [2.45, 2.75) is 37.6 Å². The Morgan fingerprint density at radius 1 is 1.00 bits per heavy atom. The largest absolute Gasteiger partial charge is 0.399 e. The zero-order valence-corrected chi connectivity index (χ0v) is 12.6. The molecular formula is C17H27N3. The topological polar surface area (TPSA) is 32.5 Å². The molecular weight excluding hydrogens is 246 g/mol. The molecule has 0 radical (unpaired) electrons. The van der Waals surface area contributed by atoms with Crippen molar-refractivity contribution in [2.24, 2.45) is 0 Å². The van der Waals surface area contributed by atoms with Crippen molar-refractivity contribution in [2.75, 3.05) is 39.0 Å². The van der Waals surface area contributed by atoms with Gasteiger partial charge in [0.2, 0.25) is 0 Å². The Morgan fingerprint density at radius 3 is 2.35 bits per heavy atom. The monoisotopic (exact) mass is 273 g/mol. The van der Waals surface area contributed by atoms with E-state index in [1.807, 2.05) is 6.07 Å². The molecule has 3 heteroatoms. The molecule has 2 aliphatic rings. The van der Waals surface area contributed by atoms with E-state index in [-0.39, 0.29) is 0 Å². The van der Waals surface area contributed by atoms with Crippen LogP contribution in [0, 0.1) is 0 Å². The highest BCUT2D eigenvalue weighted by atomic mass is 15.2. The quantitative estimate of drug-likeness (QED) is 0.841. The maximum absolute atomic E-state index is 5.91. The van der Waals surface area contributed by atoms with Gasteiger partial charge in [0.25, 0.3) is 0 Å². The highest BCUT2D eigenvalue weighted by molar-refractivity contribution is 5.41. The van der Waals surface area contributed by atoms with E-state index in [9.17, 15) is 0 Å². The van der Waals surface area contributed by atoms with Crippen LogP contribution in [0.5, 0.6) is 0 Å². The zero-order chi connectivity index (χ0) is 13.9. The number of hydrogen-bond acceptors (Lipinski definition) is 3. The van der Waals surface area contributed by atoms with Gasteiger partial charge in [-0.25, -0.2) is 0 Å². The van der Waals surface area contributed by atoms with E-state index in [0.717, 1.165) is 11.7 Å². The molecule has 0 aromatic heterocycles. The SMILES string of the molecule is CN1CCC(N2CCC(c3cccc(N)c3)CC2)CC1. The van der Waals surface area contributed by atoms with Crippen LogP contribution in [0.25, 0.3) is 0 Å². The van der Waals surface area contributed by atoms with Gasteiger partial charge in [-0.05, 0) is 82.5 Å². The van der Waals surface area contributed by atoms with Gasteiger partial charge in [0.1, 0.15) is 0 Å². The van der Waals surface area contributed by atoms with E-state index in [1.165, 1.54) is 57.4 Å². The molecule has 2 heterocycles. The molecule has 110 valence electrons. The molecule has 1 aromatic carbocycles. The minimum atomic E-state index is 0.709. The Kier molecular flexibility index (Phi) is 4.27. The predicted molar refractivity (Wildman–Crippen MR) is 84.9 cm³/mol. The van der Waals surface area contributed by atoms with Gasteiger partial charge in [-0.3, -0.25) is 0 Å². The Balaban J connectivity index is 1.54. The summed E-state index contributed by atoms with van der Waals surface area (Å²) in [6.07, 6.45) is 5.27. The van der Waals surface area contributed by atoms with Gasteiger partial charge in [0, 0.05) is 11.7 Å². The molecule has 0 spiro atoms. The molecule has 0 atom stereocenters. The maximum atomic E-state index is 5.91. The summed E-state index contributed by atoms with van der Waals surface area (Å²) in [5.41, 5.74) is 8.25. The second-order valence-electron chi connectivity index (χ2n) is 6.51. The highest BCUT2D eigenvalue weighted by Crippen LogP contribution is 2.31. The fourth-order valence-corrected chi connectivity index (χ4v) is 3.77. The molecule has 0 amide bonds. The third-order valence-corrected chi connectivity index (χ3v) is 5.12.